The van der Waals surface area contributed by atoms with E-state index in [1.165, 1.54) is 0 Å². The number of sulfone groups is 1. The Morgan fingerprint density at radius 1 is 1.12 bits per heavy atom. The van der Waals surface area contributed by atoms with Crippen molar-refractivity contribution in [3.63, 3.8) is 0 Å². The summed E-state index contributed by atoms with van der Waals surface area (Å²) >= 11 is 0. The topological polar surface area (TPSA) is 88.4 Å². The van der Waals surface area contributed by atoms with Gasteiger partial charge in [-0.15, -0.1) is 0 Å². The van der Waals surface area contributed by atoms with Crippen molar-refractivity contribution in [3.05, 3.63) is 54.4 Å². The van der Waals surface area contributed by atoms with Crippen molar-refractivity contribution >= 4 is 15.8 Å². The number of nitrogens with one attached hydrogen (secondary N) is 2. The lowest BCUT2D eigenvalue weighted by molar-refractivity contribution is 0.570. The second kappa shape index (κ2) is 10.6. The Kier molecular flexibility index (Phi) is 8.14. The van der Waals surface area contributed by atoms with Gasteiger partial charge in [0.25, 0.3) is 0 Å². The molecule has 0 spiro atoms. The predicted octanol–water partition coefficient (Wildman–Crippen LogP) is 1.44. The van der Waals surface area contributed by atoms with Crippen molar-refractivity contribution in [2.45, 2.75) is 25.1 Å². The van der Waals surface area contributed by atoms with Gasteiger partial charge in [0.1, 0.15) is 0 Å². The van der Waals surface area contributed by atoms with Gasteiger partial charge in [-0.1, -0.05) is 30.3 Å². The minimum absolute atomic E-state index is 0.0915. The molecule has 0 aliphatic heterocycles. The number of nitrogens with zero attached hydrogens (tertiary/aromatic N) is 3. The van der Waals surface area contributed by atoms with E-state index in [2.05, 4.69) is 20.7 Å². The maximum Gasteiger partial charge on any atom is 0.190 e. The summed E-state index contributed by atoms with van der Waals surface area (Å²) < 4.78 is 26.2. The van der Waals surface area contributed by atoms with Crippen LogP contribution in [0.15, 0.2) is 53.8 Å². The van der Waals surface area contributed by atoms with E-state index >= 15 is 0 Å². The smallest absolute Gasteiger partial charge is 0.190 e. The second-order valence-corrected chi connectivity index (χ2v) is 8.16. The summed E-state index contributed by atoms with van der Waals surface area (Å²) in [5, 5.41) is 10.5. The van der Waals surface area contributed by atoms with Crippen LogP contribution in [0.3, 0.4) is 0 Å². The van der Waals surface area contributed by atoms with E-state index in [0.717, 1.165) is 25.1 Å². The zero-order chi connectivity index (χ0) is 18.7. The Labute approximate surface area is 155 Å². The Bertz CT molecular complexity index is 758. The standard InChI is InChI=1S/C18H27N5O2S/c1-19-18(20-10-5-13-23-14-6-12-22-23)21-11-7-15-26(24,25)16-17-8-3-2-4-9-17/h2-4,6,8-9,12,14H,5,7,10-11,13,15-16H2,1H3,(H2,19,20,21). The molecule has 0 atom stereocenters. The van der Waals surface area contributed by atoms with Crippen LogP contribution in [0.1, 0.15) is 18.4 Å². The number of benzene rings is 1. The number of aryl methyl sites for hydroxylation is 1. The fraction of sp³-hybridized carbons (Fsp3) is 0.444. The number of aliphatic imine (C=N–C) groups is 1. The van der Waals surface area contributed by atoms with Gasteiger partial charge in [0.15, 0.2) is 15.8 Å². The van der Waals surface area contributed by atoms with Gasteiger partial charge in [0.05, 0.1) is 11.5 Å². The first kappa shape index (κ1) is 20.0. The molecule has 0 aliphatic carbocycles. The second-order valence-electron chi connectivity index (χ2n) is 5.98. The number of guanidine groups is 1. The van der Waals surface area contributed by atoms with Crippen LogP contribution in [0.2, 0.25) is 0 Å². The molecule has 8 heteroatoms. The van der Waals surface area contributed by atoms with Gasteiger partial charge in [-0.25, -0.2) is 8.42 Å². The van der Waals surface area contributed by atoms with Crippen molar-refractivity contribution in [2.75, 3.05) is 25.9 Å². The summed E-state index contributed by atoms with van der Waals surface area (Å²) in [4.78, 5) is 4.15. The van der Waals surface area contributed by atoms with E-state index in [-0.39, 0.29) is 11.5 Å². The van der Waals surface area contributed by atoms with Gasteiger partial charge in [-0.2, -0.15) is 5.10 Å². The summed E-state index contributed by atoms with van der Waals surface area (Å²) in [7, 11) is -1.39. The van der Waals surface area contributed by atoms with Crippen molar-refractivity contribution in [1.82, 2.24) is 20.4 Å². The highest BCUT2D eigenvalue weighted by Gasteiger charge is 2.11. The van der Waals surface area contributed by atoms with E-state index in [4.69, 9.17) is 0 Å². The van der Waals surface area contributed by atoms with Gasteiger partial charge in [0, 0.05) is 39.1 Å². The van der Waals surface area contributed by atoms with E-state index in [1.807, 2.05) is 47.3 Å². The molecule has 0 aliphatic rings. The molecule has 0 saturated carbocycles. The molecule has 0 bridgehead atoms. The summed E-state index contributed by atoms with van der Waals surface area (Å²) in [6.45, 7) is 2.17. The third-order valence-electron chi connectivity index (χ3n) is 3.79. The largest absolute Gasteiger partial charge is 0.356 e. The van der Waals surface area contributed by atoms with Gasteiger partial charge in [0.2, 0.25) is 0 Å². The molecule has 7 nitrogen and oxygen atoms in total. The van der Waals surface area contributed by atoms with Crippen LogP contribution >= 0.6 is 0 Å². The number of rotatable bonds is 10. The van der Waals surface area contributed by atoms with E-state index in [9.17, 15) is 8.42 Å². The molecule has 0 unspecified atom stereocenters. The molecule has 0 radical (unpaired) electrons. The monoisotopic (exact) mass is 377 g/mol. The number of hydrogen-bond acceptors (Lipinski definition) is 4. The highest BCUT2D eigenvalue weighted by atomic mass is 32.2. The fourth-order valence-electron chi connectivity index (χ4n) is 2.50. The van der Waals surface area contributed by atoms with Crippen LogP contribution in [0, 0.1) is 0 Å². The van der Waals surface area contributed by atoms with Crippen molar-refractivity contribution < 1.29 is 8.42 Å². The Balaban J connectivity index is 1.61. The quantitative estimate of drug-likeness (QED) is 0.372. The van der Waals surface area contributed by atoms with Crippen molar-refractivity contribution in [3.8, 4) is 0 Å². The van der Waals surface area contributed by atoms with Crippen molar-refractivity contribution in [2.24, 2.45) is 4.99 Å². The fourth-order valence-corrected chi connectivity index (χ4v) is 3.93. The minimum Gasteiger partial charge on any atom is -0.356 e. The molecule has 0 amide bonds. The highest BCUT2D eigenvalue weighted by molar-refractivity contribution is 7.90. The summed E-state index contributed by atoms with van der Waals surface area (Å²) in [5.41, 5.74) is 0.829. The van der Waals surface area contributed by atoms with Crippen LogP contribution in [-0.4, -0.2) is 50.0 Å². The third-order valence-corrected chi connectivity index (χ3v) is 5.48. The molecule has 2 N–H and O–H groups in total. The molecule has 26 heavy (non-hydrogen) atoms. The molecule has 1 aromatic carbocycles. The molecule has 0 fully saturated rings. The maximum atomic E-state index is 12.2. The minimum atomic E-state index is -3.10. The molecule has 0 saturated heterocycles. The van der Waals surface area contributed by atoms with Gasteiger partial charge < -0.3 is 10.6 Å². The summed E-state index contributed by atoms with van der Waals surface area (Å²) in [6.07, 6.45) is 5.17. The average Bonchev–Trinajstić information content (AvgIpc) is 3.14. The Morgan fingerprint density at radius 3 is 2.50 bits per heavy atom. The lowest BCUT2D eigenvalue weighted by Gasteiger charge is -2.12. The Morgan fingerprint density at radius 2 is 1.85 bits per heavy atom. The van der Waals surface area contributed by atoms with Crippen molar-refractivity contribution in [1.29, 1.82) is 0 Å². The first-order valence-electron chi connectivity index (χ1n) is 8.75. The lowest BCUT2D eigenvalue weighted by atomic mass is 10.2. The van der Waals surface area contributed by atoms with Gasteiger partial charge >= 0.3 is 0 Å². The van der Waals surface area contributed by atoms with Crippen LogP contribution in [0.5, 0.6) is 0 Å². The summed E-state index contributed by atoms with van der Waals surface area (Å²) in [6, 6.07) is 11.2. The molecule has 2 rings (SSSR count). The van der Waals surface area contributed by atoms with E-state index < -0.39 is 9.84 Å². The molecule has 1 aromatic heterocycles. The first-order valence-corrected chi connectivity index (χ1v) is 10.6. The summed E-state index contributed by atoms with van der Waals surface area (Å²) in [5.74, 6) is 0.935. The van der Waals surface area contributed by atoms with Gasteiger partial charge in [-0.05, 0) is 24.5 Å². The van der Waals surface area contributed by atoms with Crippen LogP contribution in [0.4, 0.5) is 0 Å². The molecule has 2 aromatic rings. The SMILES string of the molecule is CN=C(NCCCn1cccn1)NCCCS(=O)(=O)Cc1ccccc1. The zero-order valence-electron chi connectivity index (χ0n) is 15.1. The van der Waals surface area contributed by atoms with Crippen LogP contribution < -0.4 is 10.6 Å². The lowest BCUT2D eigenvalue weighted by Crippen LogP contribution is -2.38. The predicted molar refractivity (Wildman–Crippen MR) is 105 cm³/mol. The molecular weight excluding hydrogens is 350 g/mol. The normalized spacial score (nSPS) is 12.1. The Hall–Kier alpha value is -2.35. The van der Waals surface area contributed by atoms with Crippen LogP contribution in [0.25, 0.3) is 0 Å². The number of hydrogen-bond donors (Lipinski definition) is 2. The first-order chi connectivity index (χ1) is 12.6. The molecular formula is C18H27N5O2S. The van der Waals surface area contributed by atoms with Crippen LogP contribution in [-0.2, 0) is 22.1 Å². The van der Waals surface area contributed by atoms with E-state index in [1.54, 1.807) is 13.2 Å². The van der Waals surface area contributed by atoms with Gasteiger partial charge in [-0.3, -0.25) is 9.67 Å². The number of aromatic nitrogens is 2. The third kappa shape index (κ3) is 7.69. The maximum absolute atomic E-state index is 12.2. The highest BCUT2D eigenvalue weighted by Crippen LogP contribution is 2.06. The molecule has 1 heterocycles. The average molecular weight is 378 g/mol. The molecule has 142 valence electrons. The zero-order valence-corrected chi connectivity index (χ0v) is 16.0. The van der Waals surface area contributed by atoms with E-state index in [0.29, 0.717) is 18.9 Å².